The molecular weight excluding hydrogens is 392 g/mol. The first-order valence-corrected chi connectivity index (χ1v) is 10.3. The number of nitrogens with one attached hydrogen (secondary N) is 1. The maximum atomic E-state index is 13.6. The highest BCUT2D eigenvalue weighted by Crippen LogP contribution is 2.32. The van der Waals surface area contributed by atoms with Crippen molar-refractivity contribution in [3.05, 3.63) is 69.3 Å². The van der Waals surface area contributed by atoms with Crippen LogP contribution in [-0.4, -0.2) is 25.2 Å². The van der Waals surface area contributed by atoms with E-state index in [0.717, 1.165) is 27.6 Å². The first-order chi connectivity index (χ1) is 14.8. The summed E-state index contributed by atoms with van der Waals surface area (Å²) in [6, 6.07) is 9.87. The van der Waals surface area contributed by atoms with Gasteiger partial charge in [0.05, 0.1) is 28.7 Å². The molecule has 0 saturated heterocycles. The quantitative estimate of drug-likeness (QED) is 0.502. The number of aromatic nitrogens is 3. The number of H-pyrrole nitrogens is 1. The summed E-state index contributed by atoms with van der Waals surface area (Å²) in [7, 11) is 0. The van der Waals surface area contributed by atoms with Crippen molar-refractivity contribution in [3.63, 3.8) is 0 Å². The van der Waals surface area contributed by atoms with Gasteiger partial charge >= 0.3 is 11.7 Å². The minimum atomic E-state index is -1.07. The van der Waals surface area contributed by atoms with Crippen molar-refractivity contribution >= 4 is 27.9 Å². The van der Waals surface area contributed by atoms with Crippen molar-refractivity contribution in [1.29, 1.82) is 5.26 Å². The van der Waals surface area contributed by atoms with Gasteiger partial charge in [-0.05, 0) is 62.6 Å². The third-order valence-electron chi connectivity index (χ3n) is 6.01. The molecule has 31 heavy (non-hydrogen) atoms. The molecule has 1 unspecified atom stereocenters. The number of nitrogens with zero attached hydrogens (tertiary/aromatic N) is 3. The van der Waals surface area contributed by atoms with Crippen LogP contribution in [0.15, 0.2) is 41.3 Å². The Kier molecular flexibility index (Phi) is 4.94. The van der Waals surface area contributed by atoms with Crippen LogP contribution in [0.4, 0.5) is 0 Å². The molecule has 0 bridgehead atoms. The fourth-order valence-electron chi connectivity index (χ4n) is 4.62. The predicted molar refractivity (Wildman–Crippen MR) is 119 cm³/mol. The summed E-state index contributed by atoms with van der Waals surface area (Å²) < 4.78 is 2.94. The number of hydrogen-bond donors (Lipinski definition) is 2. The Morgan fingerprint density at radius 1 is 1.19 bits per heavy atom. The topological polar surface area (TPSA) is 104 Å². The fourth-order valence-corrected chi connectivity index (χ4v) is 4.62. The van der Waals surface area contributed by atoms with E-state index in [1.807, 2.05) is 27.0 Å². The molecule has 4 aromatic rings. The molecule has 2 heterocycles. The number of fused-ring (bicyclic) bond motifs is 2. The van der Waals surface area contributed by atoms with Gasteiger partial charge in [-0.25, -0.2) is 9.59 Å². The number of carboxylic acids is 1. The lowest BCUT2D eigenvalue weighted by atomic mass is 10.0. The van der Waals surface area contributed by atoms with Gasteiger partial charge < -0.3 is 10.1 Å². The van der Waals surface area contributed by atoms with E-state index in [1.165, 1.54) is 4.57 Å². The highest BCUT2D eigenvalue weighted by atomic mass is 16.4. The van der Waals surface area contributed by atoms with Crippen LogP contribution in [-0.2, 0) is 4.79 Å². The largest absolute Gasteiger partial charge is 0.480 e. The van der Waals surface area contributed by atoms with Crippen molar-refractivity contribution < 1.29 is 9.90 Å². The molecule has 0 fully saturated rings. The number of carbonyl (C=O) groups is 1. The maximum Gasteiger partial charge on any atom is 0.330 e. The molecule has 2 N–H and O–H groups in total. The molecule has 7 heteroatoms. The second-order valence-corrected chi connectivity index (χ2v) is 8.02. The van der Waals surface area contributed by atoms with Crippen molar-refractivity contribution in [3.8, 4) is 6.07 Å². The lowest BCUT2D eigenvalue weighted by Gasteiger charge is -2.15. The second kappa shape index (κ2) is 7.47. The van der Waals surface area contributed by atoms with E-state index in [9.17, 15) is 20.0 Å². The lowest BCUT2D eigenvalue weighted by Crippen LogP contribution is -2.32. The van der Waals surface area contributed by atoms with Gasteiger partial charge in [-0.1, -0.05) is 13.0 Å². The molecule has 0 saturated carbocycles. The average molecular weight is 416 g/mol. The molecule has 0 spiro atoms. The summed E-state index contributed by atoms with van der Waals surface area (Å²) >= 11 is 0. The van der Waals surface area contributed by atoms with E-state index in [1.54, 1.807) is 29.7 Å². The minimum absolute atomic E-state index is 0.255. The molecule has 0 aliphatic heterocycles. The Morgan fingerprint density at radius 3 is 2.58 bits per heavy atom. The van der Waals surface area contributed by atoms with Gasteiger partial charge in [0, 0.05) is 22.7 Å². The first-order valence-electron chi connectivity index (χ1n) is 10.3. The molecule has 158 valence electrons. The molecule has 2 aromatic carbocycles. The molecule has 0 radical (unpaired) electrons. The summed E-state index contributed by atoms with van der Waals surface area (Å²) in [6.45, 7) is 7.75. The first kappa shape index (κ1) is 20.5. The van der Waals surface area contributed by atoms with Crippen LogP contribution in [0.5, 0.6) is 0 Å². The smallest absolute Gasteiger partial charge is 0.330 e. The van der Waals surface area contributed by atoms with Gasteiger partial charge in [-0.3, -0.25) is 9.13 Å². The molecular formula is C24H24N4O3. The monoisotopic (exact) mass is 416 g/mol. The summed E-state index contributed by atoms with van der Waals surface area (Å²) in [5.41, 5.74) is 5.26. The highest BCUT2D eigenvalue weighted by molar-refractivity contribution is 5.88. The number of aromatic amines is 1. The number of aryl methyl sites for hydroxylation is 2. The van der Waals surface area contributed by atoms with Crippen LogP contribution in [0.25, 0.3) is 21.9 Å². The van der Waals surface area contributed by atoms with Gasteiger partial charge in [0.25, 0.3) is 0 Å². The van der Waals surface area contributed by atoms with Crippen molar-refractivity contribution in [1.82, 2.24) is 14.1 Å². The van der Waals surface area contributed by atoms with Crippen molar-refractivity contribution in [2.24, 2.45) is 0 Å². The third kappa shape index (κ3) is 3.12. The van der Waals surface area contributed by atoms with Gasteiger partial charge in [-0.15, -0.1) is 0 Å². The molecule has 0 aliphatic rings. The highest BCUT2D eigenvalue weighted by Gasteiger charge is 2.27. The SMILES string of the molecule is CC[C@@H](C(=O)O)n1c(=O)n(C(C)c2c[nH]c3cc(C)cc(C)c23)c2ccc(C#N)cc21. The Morgan fingerprint density at radius 2 is 1.94 bits per heavy atom. The van der Waals surface area contributed by atoms with E-state index in [0.29, 0.717) is 16.6 Å². The van der Waals surface area contributed by atoms with E-state index in [2.05, 4.69) is 23.2 Å². The number of aliphatic carboxylic acids is 1. The number of rotatable bonds is 5. The van der Waals surface area contributed by atoms with E-state index < -0.39 is 17.7 Å². The lowest BCUT2D eigenvalue weighted by molar-refractivity contribution is -0.141. The van der Waals surface area contributed by atoms with Gasteiger partial charge in [0.15, 0.2) is 0 Å². The molecule has 2 atom stereocenters. The number of benzene rings is 2. The van der Waals surface area contributed by atoms with Gasteiger partial charge in [-0.2, -0.15) is 5.26 Å². The maximum absolute atomic E-state index is 13.6. The van der Waals surface area contributed by atoms with E-state index in [-0.39, 0.29) is 12.5 Å². The number of imidazole rings is 1. The van der Waals surface area contributed by atoms with Crippen LogP contribution in [0.3, 0.4) is 0 Å². The zero-order chi connectivity index (χ0) is 22.4. The zero-order valence-corrected chi connectivity index (χ0v) is 17.9. The van der Waals surface area contributed by atoms with Crippen LogP contribution >= 0.6 is 0 Å². The number of carboxylic acid groups (broad SMARTS) is 1. The van der Waals surface area contributed by atoms with Crippen LogP contribution in [0.2, 0.25) is 0 Å². The normalized spacial score (nSPS) is 13.4. The molecule has 0 amide bonds. The number of hydrogen-bond acceptors (Lipinski definition) is 3. The van der Waals surface area contributed by atoms with Crippen molar-refractivity contribution in [2.45, 2.75) is 46.2 Å². The van der Waals surface area contributed by atoms with E-state index >= 15 is 0 Å². The van der Waals surface area contributed by atoms with Crippen molar-refractivity contribution in [2.75, 3.05) is 0 Å². The summed E-state index contributed by atoms with van der Waals surface area (Å²) in [4.78, 5) is 28.8. The predicted octanol–water partition coefficient (Wildman–Crippen LogP) is 4.42. The van der Waals surface area contributed by atoms with Gasteiger partial charge in [0.1, 0.15) is 6.04 Å². The molecule has 4 rings (SSSR count). The summed E-state index contributed by atoms with van der Waals surface area (Å²) in [6.07, 6.45) is 2.17. The van der Waals surface area contributed by atoms with Gasteiger partial charge in [0.2, 0.25) is 0 Å². The average Bonchev–Trinajstić information content (AvgIpc) is 3.27. The molecule has 7 nitrogen and oxygen atoms in total. The van der Waals surface area contributed by atoms with Crippen LogP contribution < -0.4 is 5.69 Å². The third-order valence-corrected chi connectivity index (χ3v) is 6.01. The minimum Gasteiger partial charge on any atom is -0.480 e. The Hall–Kier alpha value is -3.79. The van der Waals surface area contributed by atoms with Crippen LogP contribution in [0, 0.1) is 25.2 Å². The number of nitriles is 1. The van der Waals surface area contributed by atoms with E-state index in [4.69, 9.17) is 0 Å². The molecule has 2 aromatic heterocycles. The summed E-state index contributed by atoms with van der Waals surface area (Å²) in [5, 5.41) is 20.1. The molecule has 0 aliphatic carbocycles. The standard InChI is InChI=1S/C24H24N4O3/c1-5-19(23(29)30)28-21-10-16(11-25)6-7-20(21)27(24(28)31)15(4)17-12-26-18-9-13(2)8-14(3)22(17)18/h6-10,12,15,19,26H,5H2,1-4H3,(H,29,30)/t15?,19-/m0/s1. The zero-order valence-electron chi connectivity index (χ0n) is 17.9. The Bertz CT molecular complexity index is 1430. The Balaban J connectivity index is 2.03. The Labute approximate surface area is 179 Å². The second-order valence-electron chi connectivity index (χ2n) is 8.02. The van der Waals surface area contributed by atoms with Crippen LogP contribution in [0.1, 0.15) is 54.6 Å². The fraction of sp³-hybridized carbons (Fsp3) is 0.292. The summed E-state index contributed by atoms with van der Waals surface area (Å²) in [5.74, 6) is -1.07.